The number of rotatable bonds is 19. The van der Waals surface area contributed by atoms with E-state index < -0.39 is 17.9 Å². The van der Waals surface area contributed by atoms with Crippen LogP contribution in [-0.4, -0.2) is 33.4 Å². The highest BCUT2D eigenvalue weighted by molar-refractivity contribution is 5.76. The van der Waals surface area contributed by atoms with E-state index in [-0.39, 0.29) is 12.8 Å². The van der Waals surface area contributed by atoms with Gasteiger partial charge in [-0.25, -0.2) is 4.79 Å². The van der Waals surface area contributed by atoms with E-state index in [4.69, 9.17) is 15.5 Å². The molecule has 172 valence electrons. The topological polar surface area (TPSA) is 121 Å². The summed E-state index contributed by atoms with van der Waals surface area (Å²) in [6.45, 7) is 2.27. The highest BCUT2D eigenvalue weighted by Crippen LogP contribution is 2.13. The maximum atomic E-state index is 10.3. The molecule has 0 radical (unpaired) electrons. The lowest BCUT2D eigenvalue weighted by molar-refractivity contribution is -0.234. The summed E-state index contributed by atoms with van der Waals surface area (Å²) in [5.74, 6) is -2.68. The van der Waals surface area contributed by atoms with Crippen molar-refractivity contribution >= 4 is 17.9 Å². The molecule has 0 aromatic heterocycles. The Labute approximate surface area is 175 Å². The Morgan fingerprint density at radius 2 is 0.897 bits per heavy atom. The van der Waals surface area contributed by atoms with Crippen LogP contribution < -0.4 is 0 Å². The summed E-state index contributed by atoms with van der Waals surface area (Å²) in [7, 11) is 0. The van der Waals surface area contributed by atoms with Crippen molar-refractivity contribution in [2.75, 3.05) is 0 Å². The molecule has 0 rings (SSSR count). The Bertz CT molecular complexity index is 397. The maximum Gasteiger partial charge on any atom is 0.342 e. The number of carboxylic acids is 2. The number of unbranched alkanes of at least 4 members (excludes halogenated alkanes) is 14. The van der Waals surface area contributed by atoms with Crippen molar-refractivity contribution in [3.05, 3.63) is 0 Å². The van der Waals surface area contributed by atoms with Gasteiger partial charge in [-0.15, -0.1) is 0 Å². The molecule has 0 aromatic rings. The number of carbonyl (C=O) groups is 3. The zero-order chi connectivity index (χ0) is 22.2. The highest BCUT2D eigenvalue weighted by atomic mass is 17.1. The second kappa shape index (κ2) is 24.4. The third-order valence-electron chi connectivity index (χ3n) is 4.64. The zero-order valence-electron chi connectivity index (χ0n) is 18.2. The molecular weight excluding hydrogens is 376 g/mol. The van der Waals surface area contributed by atoms with Crippen LogP contribution in [0.25, 0.3) is 0 Å². The Morgan fingerprint density at radius 1 is 0.552 bits per heavy atom. The van der Waals surface area contributed by atoms with Crippen LogP contribution in [-0.2, 0) is 19.3 Å². The normalized spacial score (nSPS) is 10.1. The molecule has 0 atom stereocenters. The minimum Gasteiger partial charge on any atom is -0.481 e. The maximum absolute atomic E-state index is 10.3. The largest absolute Gasteiger partial charge is 0.481 e. The number of hydrogen-bond acceptors (Lipinski definition) is 5. The van der Waals surface area contributed by atoms with Gasteiger partial charge in [-0.1, -0.05) is 96.8 Å². The summed E-state index contributed by atoms with van der Waals surface area (Å²) in [6, 6.07) is 0. The average Bonchev–Trinajstić information content (AvgIpc) is 2.69. The Morgan fingerprint density at radius 3 is 1.21 bits per heavy atom. The van der Waals surface area contributed by atoms with Gasteiger partial charge in [0.1, 0.15) is 0 Å². The summed E-state index contributed by atoms with van der Waals surface area (Å²) in [5.41, 5.74) is 0. The van der Waals surface area contributed by atoms with Crippen LogP contribution in [0.3, 0.4) is 0 Å². The van der Waals surface area contributed by atoms with Gasteiger partial charge in [-0.3, -0.25) is 9.59 Å². The molecule has 0 aliphatic rings. The molecule has 0 aliphatic carbocycles. The minimum absolute atomic E-state index is 0.300. The lowest BCUT2D eigenvalue weighted by Gasteiger charge is -2.03. The van der Waals surface area contributed by atoms with E-state index in [0.717, 1.165) is 12.8 Å². The quantitative estimate of drug-likeness (QED) is 0.130. The molecule has 0 saturated carbocycles. The standard InChI is InChI=1S/C18H36O2.C4H6O5/c1-2-3-4-5-6-7-8-9-10-11-12-13-14-15-16-17-18(19)20;5-3(6)1-2-4(7)9-8/h2-17H2,1H3,(H,19,20);8H,1-2H2,(H,5,6). The van der Waals surface area contributed by atoms with Crippen molar-refractivity contribution in [2.45, 2.75) is 122 Å². The predicted octanol–water partition coefficient (Wildman–Crippen LogP) is 6.20. The Balaban J connectivity index is 0. The van der Waals surface area contributed by atoms with Crippen LogP contribution in [0.2, 0.25) is 0 Å². The summed E-state index contributed by atoms with van der Waals surface area (Å²) < 4.78 is 0. The molecule has 0 aliphatic heterocycles. The van der Waals surface area contributed by atoms with Crippen LogP contribution in [0.1, 0.15) is 122 Å². The Kier molecular flexibility index (Phi) is 24.9. The van der Waals surface area contributed by atoms with Crippen LogP contribution in [0.15, 0.2) is 0 Å². The van der Waals surface area contributed by atoms with Crippen molar-refractivity contribution in [3.63, 3.8) is 0 Å². The van der Waals surface area contributed by atoms with Crippen molar-refractivity contribution in [1.82, 2.24) is 0 Å². The molecule has 0 bridgehead atoms. The third-order valence-corrected chi connectivity index (χ3v) is 4.64. The summed E-state index contributed by atoms with van der Waals surface area (Å²) in [4.78, 5) is 33.2. The SMILES string of the molecule is CCCCCCCCCCCCCCCCCC(=O)O.O=C(O)CCC(=O)OO. The van der Waals surface area contributed by atoms with E-state index in [1.165, 1.54) is 83.5 Å². The number of carboxylic acid groups (broad SMARTS) is 2. The fraction of sp³-hybridized carbons (Fsp3) is 0.864. The smallest absolute Gasteiger partial charge is 0.342 e. The summed E-state index contributed by atoms with van der Waals surface area (Å²) in [6.07, 6.45) is 19.6. The molecule has 0 saturated heterocycles. The van der Waals surface area contributed by atoms with E-state index in [2.05, 4.69) is 11.8 Å². The van der Waals surface area contributed by atoms with E-state index >= 15 is 0 Å². The fourth-order valence-corrected chi connectivity index (χ4v) is 2.90. The second-order valence-electron chi connectivity index (χ2n) is 7.45. The van der Waals surface area contributed by atoms with E-state index in [0.29, 0.717) is 6.42 Å². The first-order valence-corrected chi connectivity index (χ1v) is 11.2. The minimum atomic E-state index is -1.10. The predicted molar refractivity (Wildman–Crippen MR) is 113 cm³/mol. The van der Waals surface area contributed by atoms with Gasteiger partial charge in [0.2, 0.25) is 0 Å². The lowest BCUT2D eigenvalue weighted by atomic mass is 10.0. The molecule has 0 spiro atoms. The molecular formula is C22H42O7. The molecule has 7 heteroatoms. The lowest BCUT2D eigenvalue weighted by Crippen LogP contribution is -2.04. The van der Waals surface area contributed by atoms with Crippen molar-refractivity contribution in [2.24, 2.45) is 0 Å². The average molecular weight is 419 g/mol. The monoisotopic (exact) mass is 418 g/mol. The highest BCUT2D eigenvalue weighted by Gasteiger charge is 2.04. The fourth-order valence-electron chi connectivity index (χ4n) is 2.90. The first kappa shape index (κ1) is 29.6. The summed E-state index contributed by atoms with van der Waals surface area (Å²) in [5, 5.41) is 24.1. The summed E-state index contributed by atoms with van der Waals surface area (Å²) >= 11 is 0. The molecule has 0 unspecified atom stereocenters. The van der Waals surface area contributed by atoms with Gasteiger partial charge >= 0.3 is 17.9 Å². The van der Waals surface area contributed by atoms with Crippen molar-refractivity contribution in [1.29, 1.82) is 0 Å². The van der Waals surface area contributed by atoms with Gasteiger partial charge in [-0.05, 0) is 6.42 Å². The van der Waals surface area contributed by atoms with E-state index in [1.54, 1.807) is 0 Å². The van der Waals surface area contributed by atoms with Crippen LogP contribution in [0, 0.1) is 0 Å². The van der Waals surface area contributed by atoms with Crippen LogP contribution in [0.4, 0.5) is 0 Å². The van der Waals surface area contributed by atoms with Gasteiger partial charge in [0.25, 0.3) is 0 Å². The van der Waals surface area contributed by atoms with E-state index in [1.807, 2.05) is 0 Å². The van der Waals surface area contributed by atoms with Crippen molar-refractivity contribution in [3.8, 4) is 0 Å². The number of aliphatic carboxylic acids is 2. The van der Waals surface area contributed by atoms with Gasteiger partial charge < -0.3 is 15.1 Å². The molecule has 0 heterocycles. The molecule has 7 nitrogen and oxygen atoms in total. The van der Waals surface area contributed by atoms with Gasteiger partial charge in [-0.2, -0.15) is 5.26 Å². The molecule has 29 heavy (non-hydrogen) atoms. The van der Waals surface area contributed by atoms with Crippen molar-refractivity contribution < 1.29 is 34.7 Å². The van der Waals surface area contributed by atoms with Gasteiger partial charge in [0.15, 0.2) is 0 Å². The number of carbonyl (C=O) groups excluding carboxylic acids is 1. The first-order valence-electron chi connectivity index (χ1n) is 11.2. The molecule has 0 fully saturated rings. The Hall–Kier alpha value is -1.63. The first-order chi connectivity index (χ1) is 13.9. The van der Waals surface area contributed by atoms with Crippen LogP contribution in [0.5, 0.6) is 0 Å². The van der Waals surface area contributed by atoms with E-state index in [9.17, 15) is 14.4 Å². The molecule has 0 amide bonds. The van der Waals surface area contributed by atoms with Crippen LogP contribution >= 0.6 is 0 Å². The van der Waals surface area contributed by atoms with Gasteiger partial charge in [0.05, 0.1) is 12.8 Å². The molecule has 0 aromatic carbocycles. The third kappa shape index (κ3) is 31.3. The van der Waals surface area contributed by atoms with Gasteiger partial charge in [0, 0.05) is 6.42 Å². The zero-order valence-corrected chi connectivity index (χ0v) is 18.2. The number of hydrogen-bond donors (Lipinski definition) is 3. The molecule has 3 N–H and O–H groups in total. The second-order valence-corrected chi connectivity index (χ2v) is 7.45.